The predicted octanol–water partition coefficient (Wildman–Crippen LogP) is 2.99. The standard InChI is InChI=1S/C21H21FN2O4S2/c1-13-7-8-15(10-16(13)22)24-17-11-30(26,27)12-19(17)29-21(24)23-20(25)9-14-5-3-4-6-18(14)28-2/h3-8,10,17,19H,9,11-12H2,1-2H3/t17-,19+/m1/s1. The Morgan fingerprint density at radius 3 is 2.77 bits per heavy atom. The summed E-state index contributed by atoms with van der Waals surface area (Å²) in [5.74, 6) is -0.179. The molecule has 0 unspecified atom stereocenters. The van der Waals surface area contributed by atoms with E-state index in [9.17, 15) is 17.6 Å². The summed E-state index contributed by atoms with van der Waals surface area (Å²) < 4.78 is 43.8. The zero-order chi connectivity index (χ0) is 21.5. The molecule has 2 saturated heterocycles. The largest absolute Gasteiger partial charge is 0.496 e. The van der Waals surface area contributed by atoms with Crippen LogP contribution < -0.4 is 9.64 Å². The Morgan fingerprint density at radius 1 is 1.27 bits per heavy atom. The summed E-state index contributed by atoms with van der Waals surface area (Å²) in [5.41, 5.74) is 1.71. The molecule has 2 aliphatic heterocycles. The number of ether oxygens (including phenoxy) is 1. The molecule has 0 N–H and O–H groups in total. The molecule has 0 spiro atoms. The number of amides is 1. The number of hydrogen-bond donors (Lipinski definition) is 0. The number of nitrogens with zero attached hydrogens (tertiary/aromatic N) is 2. The van der Waals surface area contributed by atoms with E-state index in [1.165, 1.54) is 24.9 Å². The lowest BCUT2D eigenvalue weighted by Gasteiger charge is -2.24. The van der Waals surface area contributed by atoms with Crippen molar-refractivity contribution in [3.05, 3.63) is 59.4 Å². The van der Waals surface area contributed by atoms with E-state index >= 15 is 0 Å². The van der Waals surface area contributed by atoms with Gasteiger partial charge in [-0.1, -0.05) is 36.0 Å². The highest BCUT2D eigenvalue weighted by Gasteiger charge is 2.49. The Kier molecular flexibility index (Phi) is 5.59. The fraction of sp³-hybridized carbons (Fsp3) is 0.333. The topological polar surface area (TPSA) is 76.0 Å². The number of anilines is 1. The average Bonchev–Trinajstić information content (AvgIpc) is 3.15. The summed E-state index contributed by atoms with van der Waals surface area (Å²) in [6.07, 6.45) is 0.0534. The minimum Gasteiger partial charge on any atom is -0.496 e. The smallest absolute Gasteiger partial charge is 0.252 e. The summed E-state index contributed by atoms with van der Waals surface area (Å²) >= 11 is 1.27. The Balaban J connectivity index is 1.66. The molecular weight excluding hydrogens is 427 g/mol. The predicted molar refractivity (Wildman–Crippen MR) is 117 cm³/mol. The number of sulfone groups is 1. The van der Waals surface area contributed by atoms with Crippen molar-refractivity contribution in [1.82, 2.24) is 0 Å². The SMILES string of the molecule is COc1ccccc1CC(=O)N=C1S[C@H]2CS(=O)(=O)C[C@H]2N1c1ccc(C)c(F)c1. The van der Waals surface area contributed by atoms with Crippen molar-refractivity contribution >= 4 is 38.4 Å². The second kappa shape index (κ2) is 8.03. The van der Waals surface area contributed by atoms with Gasteiger partial charge < -0.3 is 9.64 Å². The van der Waals surface area contributed by atoms with Gasteiger partial charge in [0.15, 0.2) is 15.0 Å². The molecule has 0 saturated carbocycles. The van der Waals surface area contributed by atoms with Crippen LogP contribution in [-0.2, 0) is 21.1 Å². The van der Waals surface area contributed by atoms with Crippen molar-refractivity contribution in [1.29, 1.82) is 0 Å². The summed E-state index contributed by atoms with van der Waals surface area (Å²) in [4.78, 5) is 18.7. The fourth-order valence-electron chi connectivity index (χ4n) is 3.76. The molecule has 9 heteroatoms. The van der Waals surface area contributed by atoms with Crippen LogP contribution in [0.5, 0.6) is 5.75 Å². The lowest BCUT2D eigenvalue weighted by molar-refractivity contribution is -0.117. The summed E-state index contributed by atoms with van der Waals surface area (Å²) in [6.45, 7) is 1.66. The highest BCUT2D eigenvalue weighted by molar-refractivity contribution is 8.16. The van der Waals surface area contributed by atoms with E-state index in [1.54, 1.807) is 36.1 Å². The van der Waals surface area contributed by atoms with E-state index in [0.717, 1.165) is 0 Å². The first kappa shape index (κ1) is 20.9. The molecule has 2 aromatic carbocycles. The number of amidine groups is 1. The van der Waals surface area contributed by atoms with Gasteiger partial charge in [0.25, 0.3) is 5.91 Å². The Labute approximate surface area is 179 Å². The summed E-state index contributed by atoms with van der Waals surface area (Å²) in [5, 5.41) is 0.167. The molecule has 158 valence electrons. The lowest BCUT2D eigenvalue weighted by Crippen LogP contribution is -2.37. The van der Waals surface area contributed by atoms with Gasteiger partial charge >= 0.3 is 0 Å². The molecule has 1 amide bonds. The highest BCUT2D eigenvalue weighted by Crippen LogP contribution is 2.41. The van der Waals surface area contributed by atoms with E-state index in [1.807, 2.05) is 12.1 Å². The number of fused-ring (bicyclic) bond motifs is 1. The number of aryl methyl sites for hydroxylation is 1. The third kappa shape index (κ3) is 4.09. The van der Waals surface area contributed by atoms with Crippen LogP contribution in [-0.4, -0.2) is 49.4 Å². The van der Waals surface area contributed by atoms with Crippen LogP contribution in [0.15, 0.2) is 47.5 Å². The number of halogens is 1. The van der Waals surface area contributed by atoms with Crippen LogP contribution >= 0.6 is 11.8 Å². The number of rotatable bonds is 4. The number of methoxy groups -OCH3 is 1. The number of carbonyl (C=O) groups excluding carboxylic acids is 1. The van der Waals surface area contributed by atoms with E-state index < -0.39 is 9.84 Å². The van der Waals surface area contributed by atoms with Gasteiger partial charge in [0, 0.05) is 16.5 Å². The number of aliphatic imine (C=N–C) groups is 1. The van der Waals surface area contributed by atoms with Crippen molar-refractivity contribution in [3.63, 3.8) is 0 Å². The van der Waals surface area contributed by atoms with Gasteiger partial charge in [0.2, 0.25) is 0 Å². The molecule has 0 aliphatic carbocycles. The second-order valence-electron chi connectivity index (χ2n) is 7.38. The Morgan fingerprint density at radius 2 is 2.03 bits per heavy atom. The number of carbonyl (C=O) groups is 1. The number of hydrogen-bond acceptors (Lipinski definition) is 5. The molecule has 0 bridgehead atoms. The van der Waals surface area contributed by atoms with Crippen molar-refractivity contribution in [2.45, 2.75) is 24.6 Å². The monoisotopic (exact) mass is 448 g/mol. The lowest BCUT2D eigenvalue weighted by atomic mass is 10.1. The maximum Gasteiger partial charge on any atom is 0.252 e. The van der Waals surface area contributed by atoms with Gasteiger partial charge in [-0.3, -0.25) is 4.79 Å². The van der Waals surface area contributed by atoms with Crippen LogP contribution in [0.25, 0.3) is 0 Å². The first-order chi connectivity index (χ1) is 14.3. The van der Waals surface area contributed by atoms with Crippen molar-refractivity contribution in [2.75, 3.05) is 23.5 Å². The normalized spacial score (nSPS) is 23.6. The zero-order valence-corrected chi connectivity index (χ0v) is 18.2. The van der Waals surface area contributed by atoms with E-state index in [2.05, 4.69) is 4.99 Å². The van der Waals surface area contributed by atoms with Crippen LogP contribution in [0, 0.1) is 12.7 Å². The molecule has 2 atom stereocenters. The van der Waals surface area contributed by atoms with Crippen LogP contribution in [0.3, 0.4) is 0 Å². The quantitative estimate of drug-likeness (QED) is 0.716. The molecule has 0 radical (unpaired) electrons. The Hall–Kier alpha value is -2.39. The molecule has 4 rings (SSSR count). The maximum absolute atomic E-state index is 14.2. The van der Waals surface area contributed by atoms with Crippen molar-refractivity contribution in [3.8, 4) is 5.75 Å². The molecular formula is C21H21FN2O4S2. The summed E-state index contributed by atoms with van der Waals surface area (Å²) in [7, 11) is -1.65. The first-order valence-electron chi connectivity index (χ1n) is 9.43. The van der Waals surface area contributed by atoms with E-state index in [4.69, 9.17) is 4.74 Å². The third-order valence-electron chi connectivity index (χ3n) is 5.25. The molecule has 30 heavy (non-hydrogen) atoms. The molecule has 2 aromatic rings. The fourth-order valence-corrected chi connectivity index (χ4v) is 7.69. The van der Waals surface area contributed by atoms with E-state index in [-0.39, 0.29) is 40.9 Å². The van der Waals surface area contributed by atoms with Crippen LogP contribution in [0.1, 0.15) is 11.1 Å². The van der Waals surface area contributed by atoms with E-state index in [0.29, 0.717) is 27.7 Å². The number of para-hydroxylation sites is 1. The van der Waals surface area contributed by atoms with Gasteiger partial charge in [0.05, 0.1) is 31.1 Å². The average molecular weight is 449 g/mol. The minimum absolute atomic E-state index is 0.0207. The molecule has 6 nitrogen and oxygen atoms in total. The van der Waals surface area contributed by atoms with Crippen molar-refractivity contribution < 1.29 is 22.3 Å². The molecule has 2 heterocycles. The second-order valence-corrected chi connectivity index (χ2v) is 10.7. The van der Waals surface area contributed by atoms with Crippen molar-refractivity contribution in [2.24, 2.45) is 4.99 Å². The minimum atomic E-state index is -3.19. The zero-order valence-electron chi connectivity index (χ0n) is 16.5. The number of thioether (sulfide) groups is 1. The first-order valence-corrected chi connectivity index (χ1v) is 12.1. The van der Waals surface area contributed by atoms with Gasteiger partial charge in [0.1, 0.15) is 11.6 Å². The van der Waals surface area contributed by atoms with Gasteiger partial charge in [-0.2, -0.15) is 4.99 Å². The highest BCUT2D eigenvalue weighted by atomic mass is 32.2. The van der Waals surface area contributed by atoms with Crippen LogP contribution in [0.2, 0.25) is 0 Å². The third-order valence-corrected chi connectivity index (χ3v) is 8.46. The molecule has 0 aromatic heterocycles. The summed E-state index contributed by atoms with van der Waals surface area (Å²) in [6, 6.07) is 11.6. The molecule has 2 fully saturated rings. The molecule has 2 aliphatic rings. The van der Waals surface area contributed by atoms with Crippen LogP contribution in [0.4, 0.5) is 10.1 Å². The van der Waals surface area contributed by atoms with Gasteiger partial charge in [-0.05, 0) is 30.7 Å². The number of benzene rings is 2. The maximum atomic E-state index is 14.2. The van der Waals surface area contributed by atoms with Gasteiger partial charge in [-0.15, -0.1) is 0 Å². The Bertz CT molecular complexity index is 1130. The van der Waals surface area contributed by atoms with Gasteiger partial charge in [-0.25, -0.2) is 12.8 Å².